The van der Waals surface area contributed by atoms with Crippen LogP contribution >= 0.6 is 0 Å². The predicted octanol–water partition coefficient (Wildman–Crippen LogP) is 2.19. The summed E-state index contributed by atoms with van der Waals surface area (Å²) in [6, 6.07) is 8.08. The Kier molecular flexibility index (Phi) is 4.50. The highest BCUT2D eigenvalue weighted by Crippen LogP contribution is 2.08. The molecule has 0 aliphatic rings. The smallest absolute Gasteiger partial charge is 0.307 e. The standard InChI is InChI=1S/C13H19NO2/c1-9-6-4-5-7-12(9)8-14-11(3)10(2)13(15)16/h4-7,10-11,14H,8H2,1-3H3,(H,15,16). The fourth-order valence-corrected chi connectivity index (χ4v) is 1.47. The first-order valence-electron chi connectivity index (χ1n) is 5.53. The Bertz CT molecular complexity index is 363. The van der Waals surface area contributed by atoms with Gasteiger partial charge in [-0.2, -0.15) is 0 Å². The van der Waals surface area contributed by atoms with E-state index in [1.807, 2.05) is 19.1 Å². The lowest BCUT2D eigenvalue weighted by molar-refractivity contribution is -0.141. The number of aliphatic carboxylic acids is 1. The van der Waals surface area contributed by atoms with Gasteiger partial charge in [0.05, 0.1) is 5.92 Å². The second-order valence-corrected chi connectivity index (χ2v) is 4.22. The third-order valence-corrected chi connectivity index (χ3v) is 3.02. The highest BCUT2D eigenvalue weighted by Gasteiger charge is 2.18. The van der Waals surface area contributed by atoms with Crippen molar-refractivity contribution >= 4 is 5.97 Å². The first kappa shape index (κ1) is 12.7. The molecule has 0 fully saturated rings. The van der Waals surface area contributed by atoms with Crippen molar-refractivity contribution in [2.45, 2.75) is 33.4 Å². The van der Waals surface area contributed by atoms with Crippen molar-refractivity contribution in [1.82, 2.24) is 5.32 Å². The number of carbonyl (C=O) groups is 1. The van der Waals surface area contributed by atoms with E-state index < -0.39 is 5.97 Å². The fourth-order valence-electron chi connectivity index (χ4n) is 1.47. The van der Waals surface area contributed by atoms with Gasteiger partial charge in [0.15, 0.2) is 0 Å². The van der Waals surface area contributed by atoms with Crippen LogP contribution in [0.2, 0.25) is 0 Å². The van der Waals surface area contributed by atoms with Crippen molar-refractivity contribution < 1.29 is 9.90 Å². The minimum absolute atomic E-state index is 0.0305. The molecule has 0 heterocycles. The minimum Gasteiger partial charge on any atom is -0.481 e. The van der Waals surface area contributed by atoms with E-state index in [4.69, 9.17) is 5.11 Å². The molecule has 0 aliphatic carbocycles. The number of rotatable bonds is 5. The molecule has 0 aromatic heterocycles. The average Bonchev–Trinajstić information content (AvgIpc) is 2.26. The monoisotopic (exact) mass is 221 g/mol. The molecule has 0 saturated carbocycles. The number of carboxylic acid groups (broad SMARTS) is 1. The molecular formula is C13H19NO2. The van der Waals surface area contributed by atoms with Crippen LogP contribution in [0.4, 0.5) is 0 Å². The van der Waals surface area contributed by atoms with Gasteiger partial charge in [0.1, 0.15) is 0 Å². The molecule has 3 nitrogen and oxygen atoms in total. The van der Waals surface area contributed by atoms with E-state index in [-0.39, 0.29) is 12.0 Å². The van der Waals surface area contributed by atoms with Crippen LogP contribution in [-0.2, 0) is 11.3 Å². The quantitative estimate of drug-likeness (QED) is 0.801. The van der Waals surface area contributed by atoms with Crippen LogP contribution in [0, 0.1) is 12.8 Å². The maximum atomic E-state index is 10.8. The summed E-state index contributed by atoms with van der Waals surface area (Å²) in [4.78, 5) is 10.8. The van der Waals surface area contributed by atoms with Crippen LogP contribution in [0.25, 0.3) is 0 Å². The summed E-state index contributed by atoms with van der Waals surface area (Å²) in [5, 5.41) is 12.1. The van der Waals surface area contributed by atoms with E-state index in [1.165, 1.54) is 11.1 Å². The summed E-state index contributed by atoms with van der Waals surface area (Å²) in [7, 11) is 0. The predicted molar refractivity (Wildman–Crippen MR) is 64.3 cm³/mol. The molecule has 16 heavy (non-hydrogen) atoms. The van der Waals surface area contributed by atoms with Gasteiger partial charge in [-0.1, -0.05) is 31.2 Å². The number of hydrogen-bond acceptors (Lipinski definition) is 2. The zero-order chi connectivity index (χ0) is 12.1. The van der Waals surface area contributed by atoms with Crippen LogP contribution in [0.1, 0.15) is 25.0 Å². The van der Waals surface area contributed by atoms with Gasteiger partial charge in [0.25, 0.3) is 0 Å². The molecule has 0 aliphatic heterocycles. The average molecular weight is 221 g/mol. The second kappa shape index (κ2) is 5.66. The molecule has 0 spiro atoms. The van der Waals surface area contributed by atoms with Crippen LogP contribution in [0.15, 0.2) is 24.3 Å². The molecule has 0 bridgehead atoms. The van der Waals surface area contributed by atoms with Gasteiger partial charge in [-0.3, -0.25) is 4.79 Å². The van der Waals surface area contributed by atoms with Crippen molar-refractivity contribution in [2.75, 3.05) is 0 Å². The Morgan fingerprint density at radius 1 is 1.38 bits per heavy atom. The summed E-state index contributed by atoms with van der Waals surface area (Å²) in [5.74, 6) is -1.13. The van der Waals surface area contributed by atoms with Crippen molar-refractivity contribution in [3.8, 4) is 0 Å². The van der Waals surface area contributed by atoms with E-state index in [2.05, 4.69) is 24.4 Å². The highest BCUT2D eigenvalue weighted by molar-refractivity contribution is 5.70. The lowest BCUT2D eigenvalue weighted by Crippen LogP contribution is -2.35. The van der Waals surface area contributed by atoms with Crippen LogP contribution in [-0.4, -0.2) is 17.1 Å². The minimum atomic E-state index is -0.759. The van der Waals surface area contributed by atoms with Crippen LogP contribution in [0.5, 0.6) is 0 Å². The summed E-state index contributed by atoms with van der Waals surface area (Å²) >= 11 is 0. The molecule has 0 radical (unpaired) electrons. The number of benzene rings is 1. The lowest BCUT2D eigenvalue weighted by atomic mass is 10.0. The lowest BCUT2D eigenvalue weighted by Gasteiger charge is -2.18. The molecule has 0 amide bonds. The van der Waals surface area contributed by atoms with E-state index in [1.54, 1.807) is 6.92 Å². The molecule has 2 N–H and O–H groups in total. The maximum Gasteiger partial charge on any atom is 0.307 e. The molecule has 88 valence electrons. The summed E-state index contributed by atoms with van der Waals surface area (Å²) in [6.45, 7) is 6.39. The largest absolute Gasteiger partial charge is 0.481 e. The number of nitrogens with one attached hydrogen (secondary N) is 1. The summed E-state index contributed by atoms with van der Waals surface area (Å²) < 4.78 is 0. The third-order valence-electron chi connectivity index (χ3n) is 3.02. The first-order valence-corrected chi connectivity index (χ1v) is 5.53. The Hall–Kier alpha value is -1.35. The maximum absolute atomic E-state index is 10.8. The van der Waals surface area contributed by atoms with Crippen molar-refractivity contribution in [1.29, 1.82) is 0 Å². The normalized spacial score (nSPS) is 14.4. The van der Waals surface area contributed by atoms with E-state index in [0.29, 0.717) is 6.54 Å². The van der Waals surface area contributed by atoms with Crippen LogP contribution in [0.3, 0.4) is 0 Å². The Labute approximate surface area is 96.5 Å². The Balaban J connectivity index is 2.52. The topological polar surface area (TPSA) is 49.3 Å². The van der Waals surface area contributed by atoms with Crippen molar-refractivity contribution in [3.63, 3.8) is 0 Å². The van der Waals surface area contributed by atoms with Crippen molar-refractivity contribution in [2.24, 2.45) is 5.92 Å². The summed E-state index contributed by atoms with van der Waals surface area (Å²) in [6.07, 6.45) is 0. The molecular weight excluding hydrogens is 202 g/mol. The Morgan fingerprint density at radius 2 is 2.00 bits per heavy atom. The Morgan fingerprint density at radius 3 is 2.56 bits per heavy atom. The number of carboxylic acids is 1. The molecule has 3 heteroatoms. The van der Waals surface area contributed by atoms with Gasteiger partial charge < -0.3 is 10.4 Å². The third kappa shape index (κ3) is 3.35. The number of aryl methyl sites for hydroxylation is 1. The highest BCUT2D eigenvalue weighted by atomic mass is 16.4. The molecule has 2 unspecified atom stereocenters. The van der Waals surface area contributed by atoms with Crippen LogP contribution < -0.4 is 5.32 Å². The SMILES string of the molecule is Cc1ccccc1CNC(C)C(C)C(=O)O. The zero-order valence-electron chi connectivity index (χ0n) is 10.0. The summed E-state index contributed by atoms with van der Waals surface area (Å²) in [5.41, 5.74) is 2.44. The van der Waals surface area contributed by atoms with Gasteiger partial charge in [0.2, 0.25) is 0 Å². The molecule has 0 saturated heterocycles. The molecule has 1 aromatic rings. The molecule has 1 rings (SSSR count). The fraction of sp³-hybridized carbons (Fsp3) is 0.462. The molecule has 1 aromatic carbocycles. The van der Waals surface area contributed by atoms with E-state index in [0.717, 1.165) is 0 Å². The van der Waals surface area contributed by atoms with Gasteiger partial charge >= 0.3 is 5.97 Å². The number of hydrogen-bond donors (Lipinski definition) is 2. The van der Waals surface area contributed by atoms with Gasteiger partial charge in [-0.05, 0) is 25.0 Å². The van der Waals surface area contributed by atoms with Gasteiger partial charge in [-0.25, -0.2) is 0 Å². The first-order chi connectivity index (χ1) is 7.52. The van der Waals surface area contributed by atoms with Crippen molar-refractivity contribution in [3.05, 3.63) is 35.4 Å². The zero-order valence-corrected chi connectivity index (χ0v) is 10.0. The van der Waals surface area contributed by atoms with E-state index >= 15 is 0 Å². The second-order valence-electron chi connectivity index (χ2n) is 4.22. The van der Waals surface area contributed by atoms with Gasteiger partial charge in [-0.15, -0.1) is 0 Å². The van der Waals surface area contributed by atoms with E-state index in [9.17, 15) is 4.79 Å². The van der Waals surface area contributed by atoms with Gasteiger partial charge in [0, 0.05) is 12.6 Å². The molecule has 2 atom stereocenters.